The summed E-state index contributed by atoms with van der Waals surface area (Å²) in [7, 11) is 1.58. The van der Waals surface area contributed by atoms with Crippen molar-refractivity contribution in [1.82, 2.24) is 4.57 Å². The number of benzene rings is 1. The first-order valence-corrected chi connectivity index (χ1v) is 7.70. The molecule has 0 spiro atoms. The Bertz CT molecular complexity index is 871. The highest BCUT2D eigenvalue weighted by Gasteiger charge is 2.09. The van der Waals surface area contributed by atoms with E-state index in [0.29, 0.717) is 27.3 Å². The Morgan fingerprint density at radius 2 is 2.13 bits per heavy atom. The number of carbonyl (C=O) groups excluding carboxylic acids is 1. The number of anilines is 1. The summed E-state index contributed by atoms with van der Waals surface area (Å²) in [5.41, 5.74) is 0.501. The molecule has 6 nitrogen and oxygen atoms in total. The average molecular weight is 354 g/mol. The number of hydrogen-bond acceptors (Lipinski definition) is 5. The molecule has 2 aromatic rings. The fourth-order valence-corrected chi connectivity index (χ4v) is 3.20. The number of nitrogens with zero attached hydrogens (tertiary/aromatic N) is 2. The van der Waals surface area contributed by atoms with Crippen LogP contribution >= 0.6 is 23.7 Å². The van der Waals surface area contributed by atoms with Gasteiger partial charge in [-0.3, -0.25) is 19.1 Å². The maximum atomic E-state index is 12.2. The Labute approximate surface area is 142 Å². The van der Waals surface area contributed by atoms with Crippen LogP contribution in [0.25, 0.3) is 6.08 Å². The first-order valence-electron chi connectivity index (χ1n) is 6.88. The highest BCUT2D eigenvalue weighted by Crippen LogP contribution is 2.14. The monoisotopic (exact) mass is 353 g/mol. The minimum atomic E-state index is -0.332. The number of methoxy groups -OCH3 is 1. The van der Waals surface area contributed by atoms with Gasteiger partial charge in [-0.05, 0) is 30.7 Å². The Hall–Kier alpha value is -2.12. The molecular formula is C15H16ClN3O3S. The summed E-state index contributed by atoms with van der Waals surface area (Å²) >= 11 is 1.25. The molecule has 1 N–H and O–H groups in total. The fourth-order valence-electron chi connectivity index (χ4n) is 2.20. The lowest BCUT2D eigenvalue weighted by Crippen LogP contribution is -2.34. The van der Waals surface area contributed by atoms with Crippen LogP contribution in [0.4, 0.5) is 5.69 Å². The average Bonchev–Trinajstić information content (AvgIpc) is 2.84. The van der Waals surface area contributed by atoms with Crippen molar-refractivity contribution >= 4 is 41.4 Å². The number of aromatic nitrogens is 1. The summed E-state index contributed by atoms with van der Waals surface area (Å²) in [6.07, 6.45) is 2.19. The smallest absolute Gasteiger partial charge is 0.270 e. The molecule has 1 aliphatic rings. The summed E-state index contributed by atoms with van der Waals surface area (Å²) in [6, 6.07) is 7.00. The van der Waals surface area contributed by atoms with Crippen LogP contribution in [-0.2, 0) is 11.3 Å². The van der Waals surface area contributed by atoms with Crippen molar-refractivity contribution in [3.8, 4) is 5.75 Å². The van der Waals surface area contributed by atoms with Crippen molar-refractivity contribution < 1.29 is 9.53 Å². The number of rotatable bonds is 3. The Morgan fingerprint density at radius 1 is 1.39 bits per heavy atom. The minimum absolute atomic E-state index is 0. The van der Waals surface area contributed by atoms with E-state index in [-0.39, 0.29) is 23.9 Å². The van der Waals surface area contributed by atoms with Crippen LogP contribution in [0, 0.1) is 0 Å². The number of fused-ring (bicyclic) bond motifs is 1. The lowest BCUT2D eigenvalue weighted by atomic mass is 10.3. The van der Waals surface area contributed by atoms with Gasteiger partial charge in [0.1, 0.15) is 10.3 Å². The van der Waals surface area contributed by atoms with Crippen molar-refractivity contribution in [2.75, 3.05) is 19.0 Å². The summed E-state index contributed by atoms with van der Waals surface area (Å²) in [5.74, 6) is 0.384. The van der Waals surface area contributed by atoms with Gasteiger partial charge in [0.15, 0.2) is 4.80 Å². The topological polar surface area (TPSA) is 72.7 Å². The maximum Gasteiger partial charge on any atom is 0.270 e. The zero-order valence-corrected chi connectivity index (χ0v) is 14.1. The van der Waals surface area contributed by atoms with E-state index in [0.717, 1.165) is 13.0 Å². The van der Waals surface area contributed by atoms with Crippen molar-refractivity contribution in [2.24, 2.45) is 4.99 Å². The van der Waals surface area contributed by atoms with Gasteiger partial charge in [0.25, 0.3) is 5.56 Å². The van der Waals surface area contributed by atoms with Crippen LogP contribution in [0.2, 0.25) is 0 Å². The molecule has 0 aliphatic carbocycles. The Kier molecular flexibility index (Phi) is 5.57. The van der Waals surface area contributed by atoms with Gasteiger partial charge in [0.05, 0.1) is 7.11 Å². The van der Waals surface area contributed by atoms with E-state index >= 15 is 0 Å². The first kappa shape index (κ1) is 17.2. The number of thiazole rings is 1. The molecule has 1 aromatic carbocycles. The molecule has 1 amide bonds. The van der Waals surface area contributed by atoms with Gasteiger partial charge in [-0.1, -0.05) is 11.3 Å². The quantitative estimate of drug-likeness (QED) is 0.886. The molecule has 0 bridgehead atoms. The molecule has 0 saturated heterocycles. The third-order valence-electron chi connectivity index (χ3n) is 3.29. The maximum absolute atomic E-state index is 12.2. The van der Waals surface area contributed by atoms with E-state index < -0.39 is 0 Å². The summed E-state index contributed by atoms with van der Waals surface area (Å²) in [6.45, 7) is 1.40. The third kappa shape index (κ3) is 3.80. The van der Waals surface area contributed by atoms with Crippen molar-refractivity contribution in [3.63, 3.8) is 0 Å². The van der Waals surface area contributed by atoms with Gasteiger partial charge >= 0.3 is 0 Å². The molecule has 1 aromatic heterocycles. The fraction of sp³-hybridized carbons (Fsp3) is 0.267. The summed E-state index contributed by atoms with van der Waals surface area (Å²) < 4.78 is 7.09. The number of nitrogens with one attached hydrogen (secondary N) is 1. The van der Waals surface area contributed by atoms with E-state index in [2.05, 4.69) is 10.3 Å². The normalized spacial score (nSPS) is 13.5. The molecular weight excluding hydrogens is 338 g/mol. The van der Waals surface area contributed by atoms with Crippen molar-refractivity contribution in [1.29, 1.82) is 0 Å². The van der Waals surface area contributed by atoms with Crippen LogP contribution in [0.3, 0.4) is 0 Å². The molecule has 0 atom stereocenters. The second-order valence-electron chi connectivity index (χ2n) is 4.80. The van der Waals surface area contributed by atoms with Gasteiger partial charge in [0, 0.05) is 24.9 Å². The number of carbonyl (C=O) groups is 1. The molecule has 1 aliphatic heterocycles. The van der Waals surface area contributed by atoms with Gasteiger partial charge < -0.3 is 10.1 Å². The molecule has 122 valence electrons. The predicted molar refractivity (Wildman–Crippen MR) is 92.2 cm³/mol. The minimum Gasteiger partial charge on any atom is -0.497 e. The van der Waals surface area contributed by atoms with Gasteiger partial charge in [-0.2, -0.15) is 0 Å². The van der Waals surface area contributed by atoms with Crippen molar-refractivity contribution in [3.05, 3.63) is 44.0 Å². The molecule has 2 heterocycles. The standard InChI is InChI=1S/C15H15N3O3S.ClH/c1-21-11-5-3-10(4-6-11)17-13(19)9-12-14(20)18-8-2-7-16-15(18)22-12;/h3-6,9H,2,7-8H2,1H3,(H,17,19);1H/b12-9-;. The Balaban J connectivity index is 0.00000192. The lowest BCUT2D eigenvalue weighted by molar-refractivity contribution is -0.110. The molecule has 0 radical (unpaired) electrons. The van der Waals surface area contributed by atoms with E-state index in [9.17, 15) is 9.59 Å². The van der Waals surface area contributed by atoms with E-state index in [4.69, 9.17) is 4.74 Å². The van der Waals surface area contributed by atoms with Gasteiger partial charge in [-0.25, -0.2) is 0 Å². The van der Waals surface area contributed by atoms with Gasteiger partial charge in [0.2, 0.25) is 5.91 Å². The molecule has 0 saturated carbocycles. The molecule has 23 heavy (non-hydrogen) atoms. The second-order valence-corrected chi connectivity index (χ2v) is 5.81. The number of ether oxygens (including phenoxy) is 1. The van der Waals surface area contributed by atoms with Crippen LogP contribution < -0.4 is 24.9 Å². The van der Waals surface area contributed by atoms with Crippen LogP contribution in [-0.4, -0.2) is 24.1 Å². The zero-order valence-electron chi connectivity index (χ0n) is 12.4. The SMILES string of the molecule is COc1ccc(NC(=O)/C=c2\sc3n(c2=O)CCCN=3)cc1.Cl. The van der Waals surface area contributed by atoms with Crippen LogP contribution in [0.5, 0.6) is 5.75 Å². The third-order valence-corrected chi connectivity index (χ3v) is 4.34. The first-order chi connectivity index (χ1) is 10.7. The Morgan fingerprint density at radius 3 is 2.78 bits per heavy atom. The second kappa shape index (κ2) is 7.43. The summed E-state index contributed by atoms with van der Waals surface area (Å²) in [4.78, 5) is 29.2. The molecule has 0 fully saturated rings. The van der Waals surface area contributed by atoms with E-state index in [1.54, 1.807) is 35.9 Å². The van der Waals surface area contributed by atoms with Crippen LogP contribution in [0.15, 0.2) is 34.1 Å². The predicted octanol–water partition coefficient (Wildman–Crippen LogP) is 0.783. The zero-order chi connectivity index (χ0) is 15.5. The van der Waals surface area contributed by atoms with E-state index in [1.807, 2.05) is 0 Å². The summed E-state index contributed by atoms with van der Waals surface area (Å²) in [5, 5.41) is 2.73. The van der Waals surface area contributed by atoms with Crippen molar-refractivity contribution in [2.45, 2.75) is 13.0 Å². The highest BCUT2D eigenvalue weighted by molar-refractivity contribution is 7.07. The number of amides is 1. The molecule has 0 unspecified atom stereocenters. The highest BCUT2D eigenvalue weighted by atomic mass is 35.5. The largest absolute Gasteiger partial charge is 0.497 e. The van der Waals surface area contributed by atoms with Gasteiger partial charge in [-0.15, -0.1) is 12.4 Å². The van der Waals surface area contributed by atoms with Crippen LogP contribution in [0.1, 0.15) is 6.42 Å². The number of halogens is 1. The lowest BCUT2D eigenvalue weighted by Gasteiger charge is -2.03. The van der Waals surface area contributed by atoms with E-state index in [1.165, 1.54) is 17.4 Å². The molecule has 8 heteroatoms. The molecule has 3 rings (SSSR count). The number of hydrogen-bond donors (Lipinski definition) is 1.